The van der Waals surface area contributed by atoms with Crippen LogP contribution in [0.4, 0.5) is 0 Å². The molecule has 2 heterocycles. The predicted molar refractivity (Wildman–Crippen MR) is 155 cm³/mol. The van der Waals surface area contributed by atoms with Gasteiger partial charge in [-0.25, -0.2) is 4.98 Å². The fourth-order valence-electron chi connectivity index (χ4n) is 4.09. The van der Waals surface area contributed by atoms with Crippen LogP contribution in [-0.2, 0) is 16.0 Å². The van der Waals surface area contributed by atoms with Crippen LogP contribution in [-0.4, -0.2) is 39.6 Å². The van der Waals surface area contributed by atoms with E-state index in [1.807, 2.05) is 62.6 Å². The molecule has 2 atom stereocenters. The Bertz CT molecular complexity index is 1490. The number of ether oxygens (including phenoxy) is 2. The van der Waals surface area contributed by atoms with E-state index in [0.29, 0.717) is 28.6 Å². The van der Waals surface area contributed by atoms with Crippen molar-refractivity contribution in [1.29, 1.82) is 0 Å². The molecule has 0 fully saturated rings. The summed E-state index contributed by atoms with van der Waals surface area (Å²) in [5.74, 6) is -0.447. The van der Waals surface area contributed by atoms with E-state index in [0.717, 1.165) is 27.2 Å². The van der Waals surface area contributed by atoms with Gasteiger partial charge in [-0.05, 0) is 71.3 Å². The van der Waals surface area contributed by atoms with E-state index in [2.05, 4.69) is 16.4 Å². The minimum Gasteiger partial charge on any atom is -0.484 e. The third-order valence-electron chi connectivity index (χ3n) is 6.03. The van der Waals surface area contributed by atoms with Crippen LogP contribution in [0.5, 0.6) is 5.75 Å². The van der Waals surface area contributed by atoms with Crippen LogP contribution in [0.15, 0.2) is 54.9 Å². The first kappa shape index (κ1) is 28.6. The molecule has 4 aromatic rings. The molecule has 2 aromatic carbocycles. The number of nitrogens with one attached hydrogen (secondary N) is 1. The zero-order chi connectivity index (χ0) is 28.3. The standard InChI is InChI=1S/C29H33ClN4O4S/c1-17(28(36)38-29(3,4)5)32-13-12-19-10-11-22-23(14-19)34(16-33-22)25-15-24(26(39-25)27(31)35)37-18(2)20-8-6-7-9-21(20)30/h6-11,14-18,32H,12-13H2,1-5H3,(H2,31,35)/t17-,18+/m0/s1. The van der Waals surface area contributed by atoms with Crippen molar-refractivity contribution in [3.63, 3.8) is 0 Å². The lowest BCUT2D eigenvalue weighted by molar-refractivity contribution is -0.156. The Kier molecular flexibility index (Phi) is 8.64. The molecular weight excluding hydrogens is 536 g/mol. The average Bonchev–Trinajstić information content (AvgIpc) is 3.47. The number of aromatic nitrogens is 2. The minimum absolute atomic E-state index is 0.277. The topological polar surface area (TPSA) is 108 Å². The van der Waals surface area contributed by atoms with Crippen LogP contribution in [0.1, 0.15) is 61.5 Å². The zero-order valence-electron chi connectivity index (χ0n) is 22.7. The number of benzene rings is 2. The lowest BCUT2D eigenvalue weighted by Crippen LogP contribution is -2.40. The summed E-state index contributed by atoms with van der Waals surface area (Å²) in [5.41, 5.74) is 8.76. The number of amides is 1. The van der Waals surface area contributed by atoms with Crippen LogP contribution in [0, 0.1) is 0 Å². The van der Waals surface area contributed by atoms with Crippen molar-refractivity contribution in [2.24, 2.45) is 5.73 Å². The number of rotatable bonds is 10. The molecule has 0 aliphatic rings. The molecule has 0 saturated carbocycles. The van der Waals surface area contributed by atoms with Gasteiger partial charge in [-0.3, -0.25) is 14.2 Å². The summed E-state index contributed by atoms with van der Waals surface area (Å²) in [5, 5.41) is 4.57. The third-order valence-corrected chi connectivity index (χ3v) is 7.50. The average molecular weight is 569 g/mol. The molecule has 2 aromatic heterocycles. The fraction of sp³-hybridized carbons (Fsp3) is 0.345. The van der Waals surface area contributed by atoms with Gasteiger partial charge in [0.2, 0.25) is 0 Å². The smallest absolute Gasteiger partial charge is 0.323 e. The Hall–Kier alpha value is -3.40. The van der Waals surface area contributed by atoms with Crippen LogP contribution in [0.2, 0.25) is 5.02 Å². The van der Waals surface area contributed by atoms with Gasteiger partial charge in [-0.2, -0.15) is 0 Å². The Labute approximate surface area is 237 Å². The number of nitrogens with zero attached hydrogens (tertiary/aromatic N) is 2. The summed E-state index contributed by atoms with van der Waals surface area (Å²) in [4.78, 5) is 29.4. The molecular formula is C29H33ClN4O4S. The maximum absolute atomic E-state index is 12.3. The highest BCUT2D eigenvalue weighted by Crippen LogP contribution is 2.37. The molecule has 206 valence electrons. The number of halogens is 1. The number of carbonyl (C=O) groups is 2. The number of hydrogen-bond donors (Lipinski definition) is 2. The van der Waals surface area contributed by atoms with Gasteiger partial charge in [-0.15, -0.1) is 11.3 Å². The normalized spacial score (nSPS) is 13.3. The van der Waals surface area contributed by atoms with E-state index in [1.165, 1.54) is 11.3 Å². The van der Waals surface area contributed by atoms with Gasteiger partial charge in [0.1, 0.15) is 39.7 Å². The zero-order valence-corrected chi connectivity index (χ0v) is 24.2. The van der Waals surface area contributed by atoms with Gasteiger partial charge in [0.15, 0.2) is 0 Å². The van der Waals surface area contributed by atoms with Crippen molar-refractivity contribution in [3.8, 4) is 10.8 Å². The Balaban J connectivity index is 1.52. The summed E-state index contributed by atoms with van der Waals surface area (Å²) in [6.07, 6.45) is 2.03. The third kappa shape index (κ3) is 6.98. The number of hydrogen-bond acceptors (Lipinski definition) is 7. The van der Waals surface area contributed by atoms with Gasteiger partial charge >= 0.3 is 5.97 Å². The van der Waals surface area contributed by atoms with E-state index in [-0.39, 0.29) is 12.1 Å². The molecule has 0 bridgehead atoms. The van der Waals surface area contributed by atoms with Crippen molar-refractivity contribution < 1.29 is 19.1 Å². The first-order chi connectivity index (χ1) is 18.4. The van der Waals surface area contributed by atoms with E-state index in [1.54, 1.807) is 25.4 Å². The highest BCUT2D eigenvalue weighted by molar-refractivity contribution is 7.16. The number of nitrogens with two attached hydrogens (primary N) is 1. The molecule has 8 nitrogen and oxygen atoms in total. The number of primary amides is 1. The quantitative estimate of drug-likeness (QED) is 0.233. The van der Waals surface area contributed by atoms with Crippen LogP contribution in [0.25, 0.3) is 16.0 Å². The summed E-state index contributed by atoms with van der Waals surface area (Å²) in [6, 6.07) is 14.8. The van der Waals surface area contributed by atoms with Gasteiger partial charge < -0.3 is 20.5 Å². The van der Waals surface area contributed by atoms with Crippen molar-refractivity contribution in [2.45, 2.75) is 58.8 Å². The second kappa shape index (κ2) is 11.8. The maximum atomic E-state index is 12.3. The highest BCUT2D eigenvalue weighted by atomic mass is 35.5. The predicted octanol–water partition coefficient (Wildman–Crippen LogP) is 5.84. The summed E-state index contributed by atoms with van der Waals surface area (Å²) in [6.45, 7) is 9.83. The second-order valence-corrected chi connectivity index (χ2v) is 11.8. The molecule has 10 heteroatoms. The van der Waals surface area contributed by atoms with E-state index >= 15 is 0 Å². The Morgan fingerprint density at radius 1 is 1.15 bits per heavy atom. The molecule has 1 amide bonds. The molecule has 4 rings (SSSR count). The lowest BCUT2D eigenvalue weighted by Gasteiger charge is -2.22. The number of fused-ring (bicyclic) bond motifs is 1. The summed E-state index contributed by atoms with van der Waals surface area (Å²) >= 11 is 7.58. The molecule has 0 aliphatic heterocycles. The molecule has 0 radical (unpaired) electrons. The van der Waals surface area contributed by atoms with Crippen molar-refractivity contribution >= 4 is 45.8 Å². The molecule has 0 unspecified atom stereocenters. The van der Waals surface area contributed by atoms with Crippen molar-refractivity contribution in [2.75, 3.05) is 6.54 Å². The molecule has 3 N–H and O–H groups in total. The largest absolute Gasteiger partial charge is 0.484 e. The summed E-state index contributed by atoms with van der Waals surface area (Å²) in [7, 11) is 0. The van der Waals surface area contributed by atoms with Gasteiger partial charge in [0.25, 0.3) is 5.91 Å². The summed E-state index contributed by atoms with van der Waals surface area (Å²) < 4.78 is 13.5. The van der Waals surface area contributed by atoms with Crippen LogP contribution >= 0.6 is 22.9 Å². The maximum Gasteiger partial charge on any atom is 0.323 e. The van der Waals surface area contributed by atoms with Crippen LogP contribution in [0.3, 0.4) is 0 Å². The van der Waals surface area contributed by atoms with Gasteiger partial charge in [0, 0.05) is 16.7 Å². The van der Waals surface area contributed by atoms with Gasteiger partial charge in [0.05, 0.1) is 11.0 Å². The van der Waals surface area contributed by atoms with Crippen molar-refractivity contribution in [1.82, 2.24) is 14.9 Å². The Morgan fingerprint density at radius 2 is 1.90 bits per heavy atom. The van der Waals surface area contributed by atoms with E-state index < -0.39 is 17.6 Å². The SMILES string of the molecule is C[C@H](NCCc1ccc2ncn(-c3cc(O[C@H](C)c4ccccc4Cl)c(C(N)=O)s3)c2c1)C(=O)OC(C)(C)C. The minimum atomic E-state index is -0.567. The molecule has 0 aliphatic carbocycles. The Morgan fingerprint density at radius 3 is 2.59 bits per heavy atom. The van der Waals surface area contributed by atoms with Crippen LogP contribution < -0.4 is 15.8 Å². The first-order valence-electron chi connectivity index (χ1n) is 12.7. The highest BCUT2D eigenvalue weighted by Gasteiger charge is 2.22. The van der Waals surface area contributed by atoms with E-state index in [9.17, 15) is 9.59 Å². The first-order valence-corrected chi connectivity index (χ1v) is 13.9. The van der Waals surface area contributed by atoms with E-state index in [4.69, 9.17) is 26.8 Å². The second-order valence-electron chi connectivity index (χ2n) is 10.3. The van der Waals surface area contributed by atoms with Crippen molar-refractivity contribution in [3.05, 3.63) is 75.9 Å². The molecule has 0 saturated heterocycles. The lowest BCUT2D eigenvalue weighted by atomic mass is 10.1. The van der Waals surface area contributed by atoms with Gasteiger partial charge in [-0.1, -0.05) is 35.9 Å². The number of imidazole rings is 1. The number of thiophene rings is 1. The molecule has 0 spiro atoms. The number of carbonyl (C=O) groups excluding carboxylic acids is 2. The number of esters is 1. The fourth-order valence-corrected chi connectivity index (χ4v) is 5.31. The molecule has 39 heavy (non-hydrogen) atoms. The monoisotopic (exact) mass is 568 g/mol.